The summed E-state index contributed by atoms with van der Waals surface area (Å²) in [7, 11) is 0. The molecule has 0 aromatic carbocycles. The summed E-state index contributed by atoms with van der Waals surface area (Å²) in [4.78, 5) is 5.13. The van der Waals surface area contributed by atoms with Crippen molar-refractivity contribution in [1.82, 2.24) is 4.98 Å². The van der Waals surface area contributed by atoms with Gasteiger partial charge in [-0.3, -0.25) is 4.98 Å². The van der Waals surface area contributed by atoms with Crippen LogP contribution in [0.15, 0.2) is 24.4 Å². The van der Waals surface area contributed by atoms with E-state index in [-0.39, 0.29) is 0 Å². The molecule has 0 N–H and O–H groups in total. The van der Waals surface area contributed by atoms with Crippen molar-refractivity contribution < 1.29 is 0 Å². The second-order valence-corrected chi connectivity index (χ2v) is 7.92. The molecule has 5 unspecified atom stereocenters. The first kappa shape index (κ1) is 14.6. The maximum Gasteiger partial charge on any atom is 0.0442 e. The third kappa shape index (κ3) is 3.10. The van der Waals surface area contributed by atoms with Gasteiger partial charge < -0.3 is 0 Å². The number of aromatic nitrogens is 1. The first-order valence-electron chi connectivity index (χ1n) is 8.30. The monoisotopic (exact) mass is 335 g/mol. The van der Waals surface area contributed by atoms with E-state index in [9.17, 15) is 0 Å². The van der Waals surface area contributed by atoms with Crippen molar-refractivity contribution in [2.24, 2.45) is 17.8 Å². The summed E-state index contributed by atoms with van der Waals surface area (Å²) in [6.45, 7) is 2.33. The Morgan fingerprint density at radius 1 is 1.10 bits per heavy atom. The van der Waals surface area contributed by atoms with Gasteiger partial charge in [-0.25, -0.2) is 0 Å². The lowest BCUT2D eigenvalue weighted by Crippen LogP contribution is -2.33. The molecule has 2 aliphatic carbocycles. The summed E-state index contributed by atoms with van der Waals surface area (Å²) in [6, 6.07) is 6.29. The molecule has 0 aliphatic heterocycles. The van der Waals surface area contributed by atoms with Crippen LogP contribution in [-0.2, 0) is 0 Å². The van der Waals surface area contributed by atoms with Gasteiger partial charge in [-0.15, -0.1) is 0 Å². The molecule has 0 radical (unpaired) electrons. The molecule has 110 valence electrons. The average Bonchev–Trinajstić information content (AvgIpc) is 2.54. The molecule has 1 aromatic heterocycles. The Bertz CT molecular complexity index is 419. The van der Waals surface area contributed by atoms with Crippen molar-refractivity contribution in [2.45, 2.75) is 62.6 Å². The highest BCUT2D eigenvalue weighted by atomic mass is 79.9. The highest BCUT2D eigenvalue weighted by Gasteiger charge is 2.36. The van der Waals surface area contributed by atoms with E-state index in [0.717, 1.165) is 17.8 Å². The van der Waals surface area contributed by atoms with E-state index in [1.165, 1.54) is 50.6 Å². The lowest BCUT2D eigenvalue weighted by molar-refractivity contribution is 0.126. The van der Waals surface area contributed by atoms with Gasteiger partial charge in [-0.2, -0.15) is 0 Å². The molecule has 2 fully saturated rings. The minimum Gasteiger partial charge on any atom is -0.261 e. The van der Waals surface area contributed by atoms with E-state index < -0.39 is 0 Å². The third-order valence-corrected chi connectivity index (χ3v) is 7.20. The number of hydrogen-bond donors (Lipinski definition) is 0. The fourth-order valence-electron chi connectivity index (χ4n) is 4.42. The van der Waals surface area contributed by atoms with E-state index in [2.05, 4.69) is 40.0 Å². The summed E-state index contributed by atoms with van der Waals surface area (Å²) in [5, 5.41) is 0. The molecule has 0 amide bonds. The van der Waals surface area contributed by atoms with Crippen molar-refractivity contribution in [3.63, 3.8) is 0 Å². The molecule has 2 saturated carbocycles. The first-order valence-corrected chi connectivity index (χ1v) is 9.22. The SMILES string of the molecule is CC(c1ccccn1)C(Br)C1CCC2CCCCC2C1. The second-order valence-electron chi connectivity index (χ2n) is 6.87. The van der Waals surface area contributed by atoms with Crippen LogP contribution in [0.2, 0.25) is 0 Å². The topological polar surface area (TPSA) is 12.9 Å². The summed E-state index contributed by atoms with van der Waals surface area (Å²) >= 11 is 4.02. The van der Waals surface area contributed by atoms with Crippen LogP contribution in [0.1, 0.15) is 63.5 Å². The molecule has 20 heavy (non-hydrogen) atoms. The van der Waals surface area contributed by atoms with Crippen molar-refractivity contribution in [3.05, 3.63) is 30.1 Å². The Labute approximate surface area is 131 Å². The lowest BCUT2D eigenvalue weighted by Gasteiger charge is -2.41. The van der Waals surface area contributed by atoms with Gasteiger partial charge in [0.1, 0.15) is 0 Å². The molecule has 1 nitrogen and oxygen atoms in total. The number of hydrogen-bond acceptors (Lipinski definition) is 1. The molecule has 2 heteroatoms. The molecular weight excluding hydrogens is 310 g/mol. The van der Waals surface area contributed by atoms with Crippen LogP contribution in [-0.4, -0.2) is 9.81 Å². The normalized spacial score (nSPS) is 33.2. The quantitative estimate of drug-likeness (QED) is 0.659. The van der Waals surface area contributed by atoms with Crippen LogP contribution in [0.25, 0.3) is 0 Å². The minimum absolute atomic E-state index is 0.515. The summed E-state index contributed by atoms with van der Waals surface area (Å²) in [6.07, 6.45) is 12.2. The molecule has 1 aromatic rings. The van der Waals surface area contributed by atoms with Crippen LogP contribution >= 0.6 is 15.9 Å². The summed E-state index contributed by atoms with van der Waals surface area (Å²) in [5.41, 5.74) is 1.24. The van der Waals surface area contributed by atoms with Crippen molar-refractivity contribution >= 4 is 15.9 Å². The van der Waals surface area contributed by atoms with Gasteiger partial charge in [-0.1, -0.05) is 54.6 Å². The Kier molecular flexibility index (Phi) is 4.80. The fraction of sp³-hybridized carbons (Fsp3) is 0.722. The van der Waals surface area contributed by atoms with E-state index in [4.69, 9.17) is 0 Å². The van der Waals surface area contributed by atoms with Gasteiger partial charge in [0.05, 0.1) is 0 Å². The molecule has 2 aliphatic rings. The fourth-order valence-corrected chi connectivity index (χ4v) is 5.17. The van der Waals surface area contributed by atoms with E-state index in [1.807, 2.05) is 12.3 Å². The second kappa shape index (κ2) is 6.60. The van der Waals surface area contributed by atoms with Gasteiger partial charge >= 0.3 is 0 Å². The largest absolute Gasteiger partial charge is 0.261 e. The predicted molar refractivity (Wildman–Crippen MR) is 88.2 cm³/mol. The minimum atomic E-state index is 0.515. The number of rotatable bonds is 3. The Morgan fingerprint density at radius 2 is 1.90 bits per heavy atom. The molecule has 5 atom stereocenters. The molecular formula is C18H26BrN. The van der Waals surface area contributed by atoms with Gasteiger partial charge in [0.25, 0.3) is 0 Å². The highest BCUT2D eigenvalue weighted by Crippen LogP contribution is 2.46. The zero-order valence-electron chi connectivity index (χ0n) is 12.5. The van der Waals surface area contributed by atoms with Crippen LogP contribution in [0.4, 0.5) is 0 Å². The van der Waals surface area contributed by atoms with E-state index in [1.54, 1.807) is 0 Å². The standard InChI is InChI=1S/C18H26BrN/c1-13(17-8-4-5-11-20-17)18(19)16-10-9-14-6-2-3-7-15(14)12-16/h4-5,8,11,13-16,18H,2-3,6-7,9-10,12H2,1H3. The summed E-state index contributed by atoms with van der Waals surface area (Å²) < 4.78 is 0. The molecule has 3 rings (SSSR count). The highest BCUT2D eigenvalue weighted by molar-refractivity contribution is 9.09. The first-order chi connectivity index (χ1) is 9.75. The zero-order chi connectivity index (χ0) is 13.9. The van der Waals surface area contributed by atoms with Crippen molar-refractivity contribution in [1.29, 1.82) is 0 Å². The molecule has 0 saturated heterocycles. The van der Waals surface area contributed by atoms with E-state index >= 15 is 0 Å². The van der Waals surface area contributed by atoms with Crippen LogP contribution in [0, 0.1) is 17.8 Å². The van der Waals surface area contributed by atoms with Crippen molar-refractivity contribution in [2.75, 3.05) is 0 Å². The number of pyridine rings is 1. The number of nitrogens with zero attached hydrogens (tertiary/aromatic N) is 1. The van der Waals surface area contributed by atoms with Crippen molar-refractivity contribution in [3.8, 4) is 0 Å². The Hall–Kier alpha value is -0.370. The Balaban J connectivity index is 1.64. The number of fused-ring (bicyclic) bond motifs is 1. The smallest absolute Gasteiger partial charge is 0.0442 e. The van der Waals surface area contributed by atoms with Gasteiger partial charge in [0.15, 0.2) is 0 Å². The zero-order valence-corrected chi connectivity index (χ0v) is 14.1. The van der Waals surface area contributed by atoms with Gasteiger partial charge in [0, 0.05) is 22.6 Å². The van der Waals surface area contributed by atoms with Crippen LogP contribution < -0.4 is 0 Å². The van der Waals surface area contributed by atoms with Crippen LogP contribution in [0.5, 0.6) is 0 Å². The Morgan fingerprint density at radius 3 is 2.65 bits per heavy atom. The molecule has 1 heterocycles. The number of halogens is 1. The third-order valence-electron chi connectivity index (χ3n) is 5.66. The molecule has 0 spiro atoms. The van der Waals surface area contributed by atoms with Gasteiger partial charge in [0.2, 0.25) is 0 Å². The lowest BCUT2D eigenvalue weighted by atomic mass is 9.66. The van der Waals surface area contributed by atoms with E-state index in [0.29, 0.717) is 10.7 Å². The molecule has 0 bridgehead atoms. The van der Waals surface area contributed by atoms with Gasteiger partial charge in [-0.05, 0) is 49.1 Å². The predicted octanol–water partition coefficient (Wildman–Crippen LogP) is 5.56. The van der Waals surface area contributed by atoms with Crippen LogP contribution in [0.3, 0.4) is 0 Å². The average molecular weight is 336 g/mol. The number of alkyl halides is 1. The maximum atomic E-state index is 4.55. The maximum absolute atomic E-state index is 4.55. The summed E-state index contributed by atoms with van der Waals surface area (Å²) in [5.74, 6) is 3.41.